The van der Waals surface area contributed by atoms with Crippen molar-refractivity contribution in [2.75, 3.05) is 7.05 Å². The minimum absolute atomic E-state index is 0.106. The van der Waals surface area contributed by atoms with Crippen molar-refractivity contribution in [3.63, 3.8) is 0 Å². The van der Waals surface area contributed by atoms with Crippen LogP contribution in [-0.2, 0) is 11.2 Å². The molecule has 3 N–H and O–H groups in total. The minimum atomic E-state index is -0.642. The molecule has 4 heteroatoms. The molecule has 1 amide bonds. The van der Waals surface area contributed by atoms with Crippen molar-refractivity contribution in [3.05, 3.63) is 35.4 Å². The zero-order valence-corrected chi connectivity index (χ0v) is 11.0. The highest BCUT2D eigenvalue weighted by molar-refractivity contribution is 5.85. The van der Waals surface area contributed by atoms with E-state index in [1.807, 2.05) is 38.1 Å². The lowest BCUT2D eigenvalue weighted by atomic mass is 10.0. The molecule has 98 valence electrons. The van der Waals surface area contributed by atoms with Gasteiger partial charge < -0.3 is 15.7 Å². The molecular weight excluding hydrogens is 228 g/mol. The summed E-state index contributed by atoms with van der Waals surface area (Å²) in [6.07, 6.45) is 0.0557. The first-order valence-corrected chi connectivity index (χ1v) is 6.21. The average Bonchev–Trinajstić information content (AvgIpc) is 2.66. The Morgan fingerprint density at radius 1 is 1.39 bits per heavy atom. The van der Waals surface area contributed by atoms with Crippen molar-refractivity contribution in [3.8, 4) is 0 Å². The van der Waals surface area contributed by atoms with Gasteiger partial charge in [0, 0.05) is 6.42 Å². The van der Waals surface area contributed by atoms with Crippen LogP contribution >= 0.6 is 0 Å². The Labute approximate surface area is 107 Å². The van der Waals surface area contributed by atoms with Gasteiger partial charge >= 0.3 is 0 Å². The highest BCUT2D eigenvalue weighted by atomic mass is 16.3. The summed E-state index contributed by atoms with van der Waals surface area (Å²) in [6, 6.07) is 7.53. The first-order chi connectivity index (χ1) is 8.45. The van der Waals surface area contributed by atoms with Gasteiger partial charge in [0.2, 0.25) is 5.91 Å². The van der Waals surface area contributed by atoms with E-state index < -0.39 is 11.6 Å². The summed E-state index contributed by atoms with van der Waals surface area (Å²) < 4.78 is 0. The summed E-state index contributed by atoms with van der Waals surface area (Å²) in [5, 5.41) is 15.9. The van der Waals surface area contributed by atoms with Crippen LogP contribution in [0.1, 0.15) is 31.0 Å². The van der Waals surface area contributed by atoms with E-state index in [0.29, 0.717) is 6.42 Å². The molecule has 0 unspecified atom stereocenters. The summed E-state index contributed by atoms with van der Waals surface area (Å²) in [4.78, 5) is 12.1. The summed E-state index contributed by atoms with van der Waals surface area (Å²) in [6.45, 7) is 3.63. The summed E-state index contributed by atoms with van der Waals surface area (Å²) in [5.41, 5.74) is 1.49. The standard InChI is InChI=1S/C14H20N2O2/c1-14(2,15-3)13(18)16-12-10-7-5-4-6-9(10)8-11(12)17/h4-7,11-12,15,17H,8H2,1-3H3,(H,16,18)/t11-,12+/m0/s1. The number of aliphatic hydroxyl groups is 1. The Morgan fingerprint density at radius 2 is 2.06 bits per heavy atom. The molecule has 0 radical (unpaired) electrons. The van der Waals surface area contributed by atoms with Gasteiger partial charge in [0.05, 0.1) is 17.7 Å². The van der Waals surface area contributed by atoms with Crippen LogP contribution in [0.5, 0.6) is 0 Å². The van der Waals surface area contributed by atoms with E-state index in [2.05, 4.69) is 10.6 Å². The normalized spacial score (nSPS) is 22.7. The first-order valence-electron chi connectivity index (χ1n) is 6.21. The molecule has 0 heterocycles. The van der Waals surface area contributed by atoms with Crippen LogP contribution in [0.4, 0.5) is 0 Å². The van der Waals surface area contributed by atoms with Gasteiger partial charge in [0.15, 0.2) is 0 Å². The van der Waals surface area contributed by atoms with Gasteiger partial charge in [-0.1, -0.05) is 24.3 Å². The number of fused-ring (bicyclic) bond motifs is 1. The second-order valence-corrected chi connectivity index (χ2v) is 5.30. The SMILES string of the molecule is CNC(C)(C)C(=O)N[C@@H]1c2ccccc2C[C@@H]1O. The number of aliphatic hydroxyl groups excluding tert-OH is 1. The fourth-order valence-corrected chi connectivity index (χ4v) is 2.18. The Balaban J connectivity index is 2.18. The molecule has 1 aliphatic carbocycles. The molecule has 0 saturated heterocycles. The number of nitrogens with one attached hydrogen (secondary N) is 2. The predicted octanol–water partition coefficient (Wildman–Crippen LogP) is 0.759. The van der Waals surface area contributed by atoms with E-state index in [9.17, 15) is 9.90 Å². The lowest BCUT2D eigenvalue weighted by Crippen LogP contribution is -2.52. The van der Waals surface area contributed by atoms with Crippen LogP contribution in [0, 0.1) is 0 Å². The second-order valence-electron chi connectivity index (χ2n) is 5.30. The maximum absolute atomic E-state index is 12.1. The fourth-order valence-electron chi connectivity index (χ4n) is 2.18. The molecule has 0 fully saturated rings. The summed E-state index contributed by atoms with van der Waals surface area (Å²) >= 11 is 0. The van der Waals surface area contributed by atoms with Crippen molar-refractivity contribution >= 4 is 5.91 Å². The molecule has 18 heavy (non-hydrogen) atoms. The van der Waals surface area contributed by atoms with E-state index in [0.717, 1.165) is 11.1 Å². The minimum Gasteiger partial charge on any atom is -0.390 e. The smallest absolute Gasteiger partial charge is 0.240 e. The molecule has 2 rings (SSSR count). The fraction of sp³-hybridized carbons (Fsp3) is 0.500. The largest absolute Gasteiger partial charge is 0.390 e. The molecule has 0 spiro atoms. The summed E-state index contributed by atoms with van der Waals surface area (Å²) in [5.74, 6) is -0.106. The van der Waals surface area contributed by atoms with E-state index in [4.69, 9.17) is 0 Å². The zero-order valence-electron chi connectivity index (χ0n) is 11.0. The zero-order chi connectivity index (χ0) is 13.3. The van der Waals surface area contributed by atoms with E-state index >= 15 is 0 Å². The van der Waals surface area contributed by atoms with Gasteiger partial charge in [0.25, 0.3) is 0 Å². The number of hydrogen-bond donors (Lipinski definition) is 3. The van der Waals surface area contributed by atoms with Gasteiger partial charge in [-0.05, 0) is 32.0 Å². The highest BCUT2D eigenvalue weighted by Gasteiger charge is 2.35. The second kappa shape index (κ2) is 4.71. The van der Waals surface area contributed by atoms with Crippen molar-refractivity contribution in [2.24, 2.45) is 0 Å². The Morgan fingerprint density at radius 3 is 2.72 bits per heavy atom. The van der Waals surface area contributed by atoms with Gasteiger partial charge in [0.1, 0.15) is 0 Å². The molecule has 0 aliphatic heterocycles. The van der Waals surface area contributed by atoms with Crippen molar-refractivity contribution in [1.29, 1.82) is 0 Å². The van der Waals surface area contributed by atoms with Crippen LogP contribution in [0.25, 0.3) is 0 Å². The molecule has 4 nitrogen and oxygen atoms in total. The van der Waals surface area contributed by atoms with Crippen LogP contribution in [0.2, 0.25) is 0 Å². The third-order valence-electron chi connectivity index (χ3n) is 3.68. The third-order valence-corrected chi connectivity index (χ3v) is 3.68. The molecule has 0 aromatic heterocycles. The number of hydrogen-bond acceptors (Lipinski definition) is 3. The third kappa shape index (κ3) is 2.26. The van der Waals surface area contributed by atoms with Crippen molar-refractivity contribution in [1.82, 2.24) is 10.6 Å². The molecule has 0 bridgehead atoms. The first kappa shape index (κ1) is 13.1. The number of likely N-dealkylation sites (N-methyl/N-ethyl adjacent to an activating group) is 1. The van der Waals surface area contributed by atoms with Crippen molar-refractivity contribution < 1.29 is 9.90 Å². The van der Waals surface area contributed by atoms with Crippen LogP contribution in [0.3, 0.4) is 0 Å². The number of benzene rings is 1. The van der Waals surface area contributed by atoms with Crippen LogP contribution < -0.4 is 10.6 Å². The Bertz CT molecular complexity index is 457. The number of carbonyl (C=O) groups is 1. The monoisotopic (exact) mass is 248 g/mol. The van der Waals surface area contributed by atoms with Crippen molar-refractivity contribution in [2.45, 2.75) is 38.0 Å². The quantitative estimate of drug-likeness (QED) is 0.740. The topological polar surface area (TPSA) is 61.4 Å². The maximum atomic E-state index is 12.1. The lowest BCUT2D eigenvalue weighted by Gasteiger charge is -2.27. The molecule has 1 aliphatic rings. The Hall–Kier alpha value is -1.39. The Kier molecular flexibility index (Phi) is 3.41. The number of amides is 1. The molecular formula is C14H20N2O2. The van der Waals surface area contributed by atoms with Crippen LogP contribution in [0.15, 0.2) is 24.3 Å². The average molecular weight is 248 g/mol. The highest BCUT2D eigenvalue weighted by Crippen LogP contribution is 2.31. The van der Waals surface area contributed by atoms with Gasteiger partial charge in [-0.25, -0.2) is 0 Å². The number of carbonyl (C=O) groups excluding carboxylic acids is 1. The maximum Gasteiger partial charge on any atom is 0.240 e. The summed E-state index contributed by atoms with van der Waals surface area (Å²) in [7, 11) is 1.75. The lowest BCUT2D eigenvalue weighted by molar-refractivity contribution is -0.127. The van der Waals surface area contributed by atoms with Gasteiger partial charge in [-0.15, -0.1) is 0 Å². The van der Waals surface area contributed by atoms with Gasteiger partial charge in [-0.2, -0.15) is 0 Å². The molecule has 0 saturated carbocycles. The number of rotatable bonds is 3. The molecule has 1 aromatic rings. The van der Waals surface area contributed by atoms with E-state index in [1.54, 1.807) is 7.05 Å². The van der Waals surface area contributed by atoms with E-state index in [1.165, 1.54) is 0 Å². The van der Waals surface area contributed by atoms with Crippen LogP contribution in [-0.4, -0.2) is 29.7 Å². The molecule has 1 aromatic carbocycles. The van der Waals surface area contributed by atoms with E-state index in [-0.39, 0.29) is 11.9 Å². The predicted molar refractivity (Wildman–Crippen MR) is 70.2 cm³/mol. The van der Waals surface area contributed by atoms with Gasteiger partial charge in [-0.3, -0.25) is 4.79 Å². The molecule has 2 atom stereocenters.